The zero-order valence-corrected chi connectivity index (χ0v) is 12.6. The molecule has 4 nitrogen and oxygen atoms in total. The van der Waals surface area contributed by atoms with Crippen molar-refractivity contribution in [2.45, 2.75) is 20.8 Å². The normalized spacial score (nSPS) is 12.3. The van der Waals surface area contributed by atoms with E-state index in [1.165, 1.54) is 0 Å². The summed E-state index contributed by atoms with van der Waals surface area (Å²) in [5, 5.41) is 4.11. The summed E-state index contributed by atoms with van der Waals surface area (Å²) in [6.45, 7) is 6.27. The van der Waals surface area contributed by atoms with E-state index in [4.69, 9.17) is 4.84 Å². The number of aryl methyl sites for hydroxylation is 1. The number of hydrogen-bond donors (Lipinski definition) is 0. The number of rotatable bonds is 5. The number of nitrogens with zero attached hydrogens (tertiary/aromatic N) is 3. The monoisotopic (exact) mass is 281 g/mol. The second-order valence-corrected chi connectivity index (χ2v) is 4.86. The van der Waals surface area contributed by atoms with Gasteiger partial charge in [-0.1, -0.05) is 17.3 Å². The van der Waals surface area contributed by atoms with Crippen molar-refractivity contribution in [3.05, 3.63) is 65.2 Å². The van der Waals surface area contributed by atoms with Gasteiger partial charge in [0.2, 0.25) is 0 Å². The molecule has 0 aliphatic rings. The van der Waals surface area contributed by atoms with Crippen LogP contribution in [0.3, 0.4) is 0 Å². The quantitative estimate of drug-likeness (QED) is 0.621. The second-order valence-electron chi connectivity index (χ2n) is 4.86. The van der Waals surface area contributed by atoms with Crippen LogP contribution >= 0.6 is 0 Å². The molecule has 2 aromatic rings. The molecule has 0 radical (unpaired) electrons. The van der Waals surface area contributed by atoms with Gasteiger partial charge in [-0.25, -0.2) is 0 Å². The lowest BCUT2D eigenvalue weighted by Crippen LogP contribution is -2.01. The highest BCUT2D eigenvalue weighted by molar-refractivity contribution is 5.96. The maximum Gasteiger partial charge on any atom is 0.138 e. The average molecular weight is 281 g/mol. The summed E-state index contributed by atoms with van der Waals surface area (Å²) in [7, 11) is 0. The Hall–Kier alpha value is -2.49. The Kier molecular flexibility index (Phi) is 5.21. The van der Waals surface area contributed by atoms with Gasteiger partial charge in [0, 0.05) is 11.9 Å². The molecule has 0 amide bonds. The first-order valence-electron chi connectivity index (χ1n) is 6.84. The third kappa shape index (κ3) is 4.84. The summed E-state index contributed by atoms with van der Waals surface area (Å²) >= 11 is 0. The summed E-state index contributed by atoms with van der Waals surface area (Å²) in [5.74, 6) is 0. The average Bonchev–Trinajstić information content (AvgIpc) is 2.48. The van der Waals surface area contributed by atoms with Crippen LogP contribution in [-0.2, 0) is 4.84 Å². The zero-order chi connectivity index (χ0) is 15.1. The van der Waals surface area contributed by atoms with Crippen molar-refractivity contribution in [1.82, 2.24) is 9.97 Å². The Morgan fingerprint density at radius 2 is 2.05 bits per heavy atom. The minimum atomic E-state index is 0.430. The first-order chi connectivity index (χ1) is 10.1. The predicted octanol–water partition coefficient (Wildman–Crippen LogP) is 3.63. The molecule has 0 atom stereocenters. The lowest BCUT2D eigenvalue weighted by Gasteiger charge is -2.03. The molecule has 2 aromatic heterocycles. The first kappa shape index (κ1) is 14.9. The van der Waals surface area contributed by atoms with Crippen molar-refractivity contribution >= 4 is 11.8 Å². The summed E-state index contributed by atoms with van der Waals surface area (Å²) in [5.41, 5.74) is 4.54. The molecule has 0 fully saturated rings. The van der Waals surface area contributed by atoms with Crippen LogP contribution in [0.15, 0.2) is 53.3 Å². The summed E-state index contributed by atoms with van der Waals surface area (Å²) < 4.78 is 0. The van der Waals surface area contributed by atoms with Gasteiger partial charge >= 0.3 is 0 Å². The van der Waals surface area contributed by atoms with Crippen molar-refractivity contribution < 1.29 is 4.84 Å². The van der Waals surface area contributed by atoms with Gasteiger partial charge in [0.1, 0.15) is 12.3 Å². The SMILES string of the molecule is CC(=NOC/C(C)=C/c1ccccn1)c1cccc(C)n1. The van der Waals surface area contributed by atoms with Gasteiger partial charge in [-0.05, 0) is 56.7 Å². The molecule has 0 aliphatic heterocycles. The zero-order valence-electron chi connectivity index (χ0n) is 12.6. The Balaban J connectivity index is 1.94. The van der Waals surface area contributed by atoms with Gasteiger partial charge < -0.3 is 4.84 Å². The van der Waals surface area contributed by atoms with Gasteiger partial charge in [-0.2, -0.15) is 0 Å². The maximum atomic E-state index is 5.38. The van der Waals surface area contributed by atoms with E-state index >= 15 is 0 Å². The largest absolute Gasteiger partial charge is 0.391 e. The molecule has 0 saturated carbocycles. The highest BCUT2D eigenvalue weighted by atomic mass is 16.6. The van der Waals surface area contributed by atoms with Crippen LogP contribution in [-0.4, -0.2) is 22.3 Å². The molecular formula is C17H19N3O. The number of aromatic nitrogens is 2. The first-order valence-corrected chi connectivity index (χ1v) is 6.84. The van der Waals surface area contributed by atoms with E-state index in [1.807, 2.05) is 63.2 Å². The van der Waals surface area contributed by atoms with E-state index in [-0.39, 0.29) is 0 Å². The molecule has 2 heterocycles. The third-order valence-corrected chi connectivity index (χ3v) is 2.83. The minimum Gasteiger partial charge on any atom is -0.391 e. The van der Waals surface area contributed by atoms with E-state index < -0.39 is 0 Å². The fourth-order valence-corrected chi connectivity index (χ4v) is 1.78. The van der Waals surface area contributed by atoms with Crippen molar-refractivity contribution in [2.75, 3.05) is 6.61 Å². The second kappa shape index (κ2) is 7.33. The Morgan fingerprint density at radius 3 is 2.76 bits per heavy atom. The summed E-state index contributed by atoms with van der Waals surface area (Å²) in [6, 6.07) is 11.6. The van der Waals surface area contributed by atoms with Gasteiger partial charge in [0.05, 0.1) is 11.4 Å². The van der Waals surface area contributed by atoms with Crippen LogP contribution in [0.25, 0.3) is 6.08 Å². The van der Waals surface area contributed by atoms with E-state index in [2.05, 4.69) is 15.1 Å². The molecule has 0 aliphatic carbocycles. The minimum absolute atomic E-state index is 0.430. The third-order valence-electron chi connectivity index (χ3n) is 2.83. The van der Waals surface area contributed by atoms with Crippen LogP contribution < -0.4 is 0 Å². The molecular weight excluding hydrogens is 262 g/mol. The van der Waals surface area contributed by atoms with E-state index in [0.717, 1.165) is 28.4 Å². The molecule has 0 unspecified atom stereocenters. The molecule has 4 heteroatoms. The van der Waals surface area contributed by atoms with Gasteiger partial charge in [-0.15, -0.1) is 0 Å². The van der Waals surface area contributed by atoms with Crippen LogP contribution in [0.4, 0.5) is 0 Å². The maximum absolute atomic E-state index is 5.38. The standard InChI is InChI=1S/C17H19N3O/c1-13(11-16-8-4-5-10-18-16)12-21-20-15(3)17-9-6-7-14(2)19-17/h4-11H,12H2,1-3H3/b13-11+,20-15?. The fraction of sp³-hybridized carbons (Fsp3) is 0.235. The smallest absolute Gasteiger partial charge is 0.138 e. The van der Waals surface area contributed by atoms with E-state index in [9.17, 15) is 0 Å². The molecule has 0 spiro atoms. The van der Waals surface area contributed by atoms with Crippen LogP contribution in [0.1, 0.15) is 30.9 Å². The number of hydrogen-bond acceptors (Lipinski definition) is 4. The fourth-order valence-electron chi connectivity index (χ4n) is 1.78. The Bertz CT molecular complexity index is 648. The lowest BCUT2D eigenvalue weighted by molar-refractivity contribution is 0.168. The molecule has 0 saturated heterocycles. The van der Waals surface area contributed by atoms with E-state index in [1.54, 1.807) is 6.20 Å². The molecule has 108 valence electrons. The van der Waals surface area contributed by atoms with Crippen molar-refractivity contribution in [2.24, 2.45) is 5.16 Å². The Morgan fingerprint density at radius 1 is 1.19 bits per heavy atom. The van der Waals surface area contributed by atoms with Gasteiger partial charge in [0.25, 0.3) is 0 Å². The van der Waals surface area contributed by atoms with Crippen LogP contribution in [0, 0.1) is 6.92 Å². The molecule has 2 rings (SSSR count). The molecule has 0 N–H and O–H groups in total. The molecule has 0 aromatic carbocycles. The van der Waals surface area contributed by atoms with Crippen molar-refractivity contribution in [3.63, 3.8) is 0 Å². The lowest BCUT2D eigenvalue weighted by atomic mass is 10.2. The highest BCUT2D eigenvalue weighted by Gasteiger charge is 2.00. The highest BCUT2D eigenvalue weighted by Crippen LogP contribution is 2.05. The van der Waals surface area contributed by atoms with E-state index in [0.29, 0.717) is 6.61 Å². The summed E-state index contributed by atoms with van der Waals surface area (Å²) in [4.78, 5) is 14.0. The van der Waals surface area contributed by atoms with Crippen molar-refractivity contribution in [3.8, 4) is 0 Å². The number of pyridine rings is 2. The number of oxime groups is 1. The molecule has 21 heavy (non-hydrogen) atoms. The topological polar surface area (TPSA) is 47.4 Å². The van der Waals surface area contributed by atoms with Crippen molar-refractivity contribution in [1.29, 1.82) is 0 Å². The van der Waals surface area contributed by atoms with Gasteiger partial charge in [-0.3, -0.25) is 9.97 Å². The molecule has 0 bridgehead atoms. The van der Waals surface area contributed by atoms with Crippen LogP contribution in [0.2, 0.25) is 0 Å². The van der Waals surface area contributed by atoms with Crippen LogP contribution in [0.5, 0.6) is 0 Å². The summed E-state index contributed by atoms with van der Waals surface area (Å²) in [6.07, 6.45) is 3.75. The van der Waals surface area contributed by atoms with Gasteiger partial charge in [0.15, 0.2) is 0 Å². The Labute approximate surface area is 125 Å². The predicted molar refractivity (Wildman–Crippen MR) is 85.0 cm³/mol.